The molecule has 0 fully saturated rings. The maximum atomic E-state index is 13.1. The fraction of sp³-hybridized carbons (Fsp3) is 0.167. The quantitative estimate of drug-likeness (QED) is 0.558. The fourth-order valence-corrected chi connectivity index (χ4v) is 3.18. The summed E-state index contributed by atoms with van der Waals surface area (Å²) in [6, 6.07) is 17.7. The second-order valence-corrected chi connectivity index (χ2v) is 7.00. The normalized spacial score (nSPS) is 11.2. The first-order chi connectivity index (χ1) is 15.2. The van der Waals surface area contributed by atoms with E-state index in [1.54, 1.807) is 42.5 Å². The molecule has 0 aliphatic carbocycles. The lowest BCUT2D eigenvalue weighted by Crippen LogP contribution is -2.28. The topological polar surface area (TPSA) is 58.6 Å². The Hall–Kier alpha value is -3.65. The van der Waals surface area contributed by atoms with Gasteiger partial charge in [0.15, 0.2) is 0 Å². The summed E-state index contributed by atoms with van der Waals surface area (Å²) < 4.78 is 44.3. The van der Waals surface area contributed by atoms with Gasteiger partial charge in [-0.3, -0.25) is 9.59 Å². The van der Waals surface area contributed by atoms with Crippen LogP contribution >= 0.6 is 0 Å². The molecule has 0 saturated heterocycles. The van der Waals surface area contributed by atoms with Crippen LogP contribution < -0.4 is 10.2 Å². The first-order valence-electron chi connectivity index (χ1n) is 9.65. The number of methoxy groups -OCH3 is 1. The minimum Gasteiger partial charge on any atom is -0.380 e. The fourth-order valence-electron chi connectivity index (χ4n) is 3.18. The van der Waals surface area contributed by atoms with Gasteiger partial charge in [-0.1, -0.05) is 36.4 Å². The number of hydrogen-bond donors (Lipinski definition) is 1. The molecule has 0 aliphatic heterocycles. The van der Waals surface area contributed by atoms with Crippen LogP contribution in [-0.4, -0.2) is 26.0 Å². The number of halogens is 3. The van der Waals surface area contributed by atoms with Crippen molar-refractivity contribution in [3.05, 3.63) is 95.1 Å². The molecule has 0 heterocycles. The minimum absolute atomic E-state index is 0.0800. The molecule has 32 heavy (non-hydrogen) atoms. The lowest BCUT2D eigenvalue weighted by atomic mass is 10.1. The zero-order valence-electron chi connectivity index (χ0n) is 17.4. The number of para-hydroxylation sites is 1. The van der Waals surface area contributed by atoms with Gasteiger partial charge in [-0.15, -0.1) is 0 Å². The third kappa shape index (κ3) is 5.15. The summed E-state index contributed by atoms with van der Waals surface area (Å²) in [4.78, 5) is 27.1. The van der Waals surface area contributed by atoms with Crippen LogP contribution in [0.15, 0.2) is 72.8 Å². The van der Waals surface area contributed by atoms with Gasteiger partial charge in [-0.25, -0.2) is 0 Å². The summed E-state index contributed by atoms with van der Waals surface area (Å²) in [5.41, 5.74) is 0.682. The number of carbonyl (C=O) groups excluding carboxylic acids is 2. The van der Waals surface area contributed by atoms with Crippen LogP contribution in [0.2, 0.25) is 0 Å². The average Bonchev–Trinajstić information content (AvgIpc) is 2.78. The average molecular weight is 442 g/mol. The summed E-state index contributed by atoms with van der Waals surface area (Å²) >= 11 is 0. The van der Waals surface area contributed by atoms with Crippen LogP contribution in [0, 0.1) is 0 Å². The van der Waals surface area contributed by atoms with E-state index in [0.29, 0.717) is 11.1 Å². The van der Waals surface area contributed by atoms with E-state index in [2.05, 4.69) is 5.32 Å². The molecule has 3 aromatic rings. The number of ether oxygens (including phenoxy) is 1. The van der Waals surface area contributed by atoms with Gasteiger partial charge in [0.05, 0.1) is 23.4 Å². The zero-order chi connectivity index (χ0) is 23.3. The summed E-state index contributed by atoms with van der Waals surface area (Å²) in [7, 11) is 2.90. The van der Waals surface area contributed by atoms with Crippen molar-refractivity contribution in [1.29, 1.82) is 0 Å². The largest absolute Gasteiger partial charge is 0.416 e. The van der Waals surface area contributed by atoms with Crippen LogP contribution in [0.1, 0.15) is 31.8 Å². The molecule has 0 aromatic heterocycles. The number of rotatable bonds is 6. The highest BCUT2D eigenvalue weighted by Crippen LogP contribution is 2.32. The third-order valence-corrected chi connectivity index (χ3v) is 4.83. The summed E-state index contributed by atoms with van der Waals surface area (Å²) in [6.07, 6.45) is -4.53. The zero-order valence-corrected chi connectivity index (χ0v) is 17.4. The third-order valence-electron chi connectivity index (χ3n) is 4.83. The Balaban J connectivity index is 1.88. The Morgan fingerprint density at radius 2 is 1.59 bits per heavy atom. The van der Waals surface area contributed by atoms with E-state index in [1.165, 1.54) is 32.4 Å². The van der Waals surface area contributed by atoms with Gasteiger partial charge in [0.2, 0.25) is 0 Å². The Morgan fingerprint density at radius 3 is 2.28 bits per heavy atom. The molecule has 0 radical (unpaired) electrons. The second-order valence-electron chi connectivity index (χ2n) is 7.00. The summed E-state index contributed by atoms with van der Waals surface area (Å²) in [6.45, 7) is 0.239. The van der Waals surface area contributed by atoms with Crippen molar-refractivity contribution in [3.8, 4) is 0 Å². The number of carbonyl (C=O) groups is 2. The molecule has 0 spiro atoms. The second kappa shape index (κ2) is 9.65. The van der Waals surface area contributed by atoms with Crippen LogP contribution in [0.25, 0.3) is 0 Å². The lowest BCUT2D eigenvalue weighted by molar-refractivity contribution is -0.137. The van der Waals surface area contributed by atoms with Crippen molar-refractivity contribution in [2.24, 2.45) is 0 Å². The number of hydrogen-bond acceptors (Lipinski definition) is 3. The Bertz CT molecular complexity index is 1130. The monoisotopic (exact) mass is 442 g/mol. The summed E-state index contributed by atoms with van der Waals surface area (Å²) in [5.74, 6) is -0.995. The molecule has 0 aliphatic rings. The first-order valence-corrected chi connectivity index (χ1v) is 9.65. The van der Waals surface area contributed by atoms with E-state index in [-0.39, 0.29) is 23.5 Å². The molecule has 2 amide bonds. The molecule has 0 unspecified atom stereocenters. The van der Waals surface area contributed by atoms with Gasteiger partial charge in [0.1, 0.15) is 0 Å². The van der Waals surface area contributed by atoms with Gasteiger partial charge >= 0.3 is 6.18 Å². The van der Waals surface area contributed by atoms with Gasteiger partial charge in [0, 0.05) is 25.4 Å². The van der Waals surface area contributed by atoms with Crippen molar-refractivity contribution in [2.75, 3.05) is 24.4 Å². The highest BCUT2D eigenvalue weighted by atomic mass is 19.4. The van der Waals surface area contributed by atoms with E-state index in [9.17, 15) is 22.8 Å². The van der Waals surface area contributed by atoms with E-state index >= 15 is 0 Å². The Kier molecular flexibility index (Phi) is 6.95. The number of nitrogens with one attached hydrogen (secondary N) is 1. The molecule has 0 bridgehead atoms. The smallest absolute Gasteiger partial charge is 0.380 e. The van der Waals surface area contributed by atoms with Crippen LogP contribution in [-0.2, 0) is 17.5 Å². The molecule has 1 N–H and O–H groups in total. The van der Waals surface area contributed by atoms with Crippen molar-refractivity contribution < 1.29 is 27.5 Å². The highest BCUT2D eigenvalue weighted by molar-refractivity contribution is 6.13. The minimum atomic E-state index is -4.53. The molecule has 166 valence electrons. The maximum absolute atomic E-state index is 13.1. The predicted octanol–water partition coefficient (Wildman–Crippen LogP) is 5.38. The number of anilines is 2. The SMILES string of the molecule is COCc1ccccc1C(=O)Nc1ccccc1C(=O)N(C)c1cccc(C(F)(F)F)c1. The van der Waals surface area contributed by atoms with Crippen LogP contribution in [0.4, 0.5) is 24.5 Å². The molecule has 3 aromatic carbocycles. The number of amides is 2. The Morgan fingerprint density at radius 1 is 0.938 bits per heavy atom. The van der Waals surface area contributed by atoms with E-state index in [0.717, 1.165) is 17.0 Å². The Labute approximate surface area is 183 Å². The van der Waals surface area contributed by atoms with Crippen LogP contribution in [0.3, 0.4) is 0 Å². The molecule has 5 nitrogen and oxygen atoms in total. The van der Waals surface area contributed by atoms with E-state index in [4.69, 9.17) is 4.74 Å². The number of benzene rings is 3. The molecule has 8 heteroatoms. The molecular weight excluding hydrogens is 421 g/mol. The van der Waals surface area contributed by atoms with Gasteiger partial charge < -0.3 is 15.0 Å². The molecular formula is C24H21F3N2O3. The predicted molar refractivity (Wildman–Crippen MR) is 116 cm³/mol. The van der Waals surface area contributed by atoms with Crippen molar-refractivity contribution in [3.63, 3.8) is 0 Å². The number of alkyl halides is 3. The van der Waals surface area contributed by atoms with Gasteiger partial charge in [-0.05, 0) is 42.0 Å². The highest BCUT2D eigenvalue weighted by Gasteiger charge is 2.31. The summed E-state index contributed by atoms with van der Waals surface area (Å²) in [5, 5.41) is 2.73. The first kappa shape index (κ1) is 23.0. The number of nitrogens with zero attached hydrogens (tertiary/aromatic N) is 1. The molecule has 3 rings (SSSR count). The lowest BCUT2D eigenvalue weighted by Gasteiger charge is -2.20. The van der Waals surface area contributed by atoms with Crippen LogP contribution in [0.5, 0.6) is 0 Å². The van der Waals surface area contributed by atoms with E-state index < -0.39 is 23.6 Å². The van der Waals surface area contributed by atoms with Crippen molar-refractivity contribution >= 4 is 23.2 Å². The van der Waals surface area contributed by atoms with Crippen molar-refractivity contribution in [1.82, 2.24) is 0 Å². The molecule has 0 atom stereocenters. The maximum Gasteiger partial charge on any atom is 0.416 e. The van der Waals surface area contributed by atoms with Crippen molar-refractivity contribution in [2.45, 2.75) is 12.8 Å². The van der Waals surface area contributed by atoms with Gasteiger partial charge in [-0.2, -0.15) is 13.2 Å². The molecule has 0 saturated carbocycles. The standard InChI is InChI=1S/C24H21F3N2O3/c1-29(18-10-7-9-17(14-18)24(25,26)27)23(31)20-12-5-6-13-21(20)28-22(30)19-11-4-3-8-16(19)15-32-2/h3-14H,15H2,1-2H3,(H,28,30). The van der Waals surface area contributed by atoms with Gasteiger partial charge in [0.25, 0.3) is 11.8 Å². The van der Waals surface area contributed by atoms with E-state index in [1.807, 2.05) is 0 Å².